The number of halogens is 1. The third-order valence-corrected chi connectivity index (χ3v) is 3.27. The van der Waals surface area contributed by atoms with E-state index in [-0.39, 0.29) is 42.6 Å². The van der Waals surface area contributed by atoms with Crippen molar-refractivity contribution < 1.29 is 18.7 Å². The summed E-state index contributed by atoms with van der Waals surface area (Å²) in [6.07, 6.45) is 0.206. The first-order chi connectivity index (χ1) is 10.1. The van der Waals surface area contributed by atoms with Crippen molar-refractivity contribution in [3.05, 3.63) is 40.0 Å². The Hall–Kier alpha value is -2.60. The monoisotopic (exact) mass is 292 g/mol. The third kappa shape index (κ3) is 3.11. The van der Waals surface area contributed by atoms with Gasteiger partial charge in [-0.15, -0.1) is 0 Å². The first-order valence-corrected chi connectivity index (χ1v) is 6.26. The van der Waals surface area contributed by atoms with Gasteiger partial charge in [-0.3, -0.25) is 4.79 Å². The molecule has 8 heteroatoms. The molecule has 1 amide bonds. The molecule has 7 nitrogen and oxygen atoms in total. The first-order valence-electron chi connectivity index (χ1n) is 6.26. The molecule has 110 valence electrons. The van der Waals surface area contributed by atoms with Crippen LogP contribution < -0.4 is 4.90 Å². The Morgan fingerprint density at radius 1 is 1.62 bits per heavy atom. The lowest BCUT2D eigenvalue weighted by atomic mass is 10.1. The fourth-order valence-electron chi connectivity index (χ4n) is 2.26. The molecule has 1 aliphatic heterocycles. The number of carbonyl (C=O) groups is 2. The summed E-state index contributed by atoms with van der Waals surface area (Å²) in [5.41, 5.74) is 8.47. The Bertz CT molecular complexity index is 628. The molecule has 1 heterocycles. The summed E-state index contributed by atoms with van der Waals surface area (Å²) >= 11 is 0. The zero-order chi connectivity index (χ0) is 15.4. The number of hydrogen-bond acceptors (Lipinski definition) is 4. The highest BCUT2D eigenvalue weighted by molar-refractivity contribution is 5.97. The van der Waals surface area contributed by atoms with Crippen LogP contribution >= 0.6 is 0 Å². The second-order valence-electron chi connectivity index (χ2n) is 4.65. The van der Waals surface area contributed by atoms with Gasteiger partial charge in [0, 0.05) is 24.4 Å². The molecule has 1 aliphatic rings. The van der Waals surface area contributed by atoms with Gasteiger partial charge in [0.1, 0.15) is 5.82 Å². The molecule has 0 N–H and O–H groups in total. The Labute approximate surface area is 119 Å². The fourth-order valence-corrected chi connectivity index (χ4v) is 2.26. The van der Waals surface area contributed by atoms with Crippen molar-refractivity contribution in [2.24, 2.45) is 11.0 Å². The predicted molar refractivity (Wildman–Crippen MR) is 72.2 cm³/mol. The highest BCUT2D eigenvalue weighted by Crippen LogP contribution is 2.28. The second-order valence-corrected chi connectivity index (χ2v) is 4.65. The highest BCUT2D eigenvalue weighted by Gasteiger charge is 2.31. The number of ether oxygens (including phenoxy) is 1. The molecular formula is C13H13FN4O3. The van der Waals surface area contributed by atoms with Gasteiger partial charge >= 0.3 is 5.97 Å². The van der Waals surface area contributed by atoms with E-state index in [4.69, 9.17) is 5.53 Å². The van der Waals surface area contributed by atoms with Crippen molar-refractivity contribution in [1.29, 1.82) is 0 Å². The van der Waals surface area contributed by atoms with E-state index in [2.05, 4.69) is 14.8 Å². The molecule has 0 aliphatic carbocycles. The Morgan fingerprint density at radius 2 is 2.38 bits per heavy atom. The van der Waals surface area contributed by atoms with Gasteiger partial charge in [-0.05, 0) is 29.6 Å². The van der Waals surface area contributed by atoms with Crippen molar-refractivity contribution in [3.63, 3.8) is 0 Å². The normalized spacial score (nSPS) is 17.5. The quantitative estimate of drug-likeness (QED) is 0.368. The fraction of sp³-hybridized carbons (Fsp3) is 0.385. The molecule has 0 radical (unpaired) electrons. The standard InChI is InChI=1S/C13H13FN4O3/c1-21-13(20)9-2-3-11(10(14)5-9)18-7-8(4-12(18)19)6-16-17-15/h2-3,5,8H,4,6-7H2,1H3. The van der Waals surface area contributed by atoms with Crippen molar-refractivity contribution in [2.45, 2.75) is 6.42 Å². The maximum Gasteiger partial charge on any atom is 0.337 e. The van der Waals surface area contributed by atoms with Crippen molar-refractivity contribution in [1.82, 2.24) is 0 Å². The largest absolute Gasteiger partial charge is 0.465 e. The molecule has 21 heavy (non-hydrogen) atoms. The zero-order valence-electron chi connectivity index (χ0n) is 11.3. The van der Waals surface area contributed by atoms with Gasteiger partial charge in [0.25, 0.3) is 0 Å². The molecule has 2 rings (SSSR count). The zero-order valence-corrected chi connectivity index (χ0v) is 11.3. The minimum atomic E-state index is -0.671. The van der Waals surface area contributed by atoms with Gasteiger partial charge in [0.15, 0.2) is 0 Å². The maximum absolute atomic E-state index is 14.1. The van der Waals surface area contributed by atoms with E-state index in [0.717, 1.165) is 6.07 Å². The summed E-state index contributed by atoms with van der Waals surface area (Å²) in [6, 6.07) is 3.81. The number of carbonyl (C=O) groups excluding carboxylic acids is 2. The van der Waals surface area contributed by atoms with Crippen LogP contribution in [-0.2, 0) is 9.53 Å². The molecule has 0 saturated carbocycles. The minimum Gasteiger partial charge on any atom is -0.465 e. The lowest BCUT2D eigenvalue weighted by molar-refractivity contribution is -0.117. The minimum absolute atomic E-state index is 0.0797. The van der Waals surface area contributed by atoms with E-state index in [1.807, 2.05) is 0 Å². The van der Waals surface area contributed by atoms with Crippen LogP contribution in [0.25, 0.3) is 10.4 Å². The van der Waals surface area contributed by atoms with Crippen LogP contribution in [0, 0.1) is 11.7 Å². The molecule has 1 unspecified atom stereocenters. The number of benzene rings is 1. The Kier molecular flexibility index (Phi) is 4.39. The molecule has 0 spiro atoms. The number of hydrogen-bond donors (Lipinski definition) is 0. The average Bonchev–Trinajstić information content (AvgIpc) is 2.85. The summed E-state index contributed by atoms with van der Waals surface area (Å²) in [5, 5.41) is 3.43. The van der Waals surface area contributed by atoms with Crippen LogP contribution in [0.15, 0.2) is 23.3 Å². The first kappa shape index (κ1) is 14.8. The summed E-state index contributed by atoms with van der Waals surface area (Å²) in [6.45, 7) is 0.479. The smallest absolute Gasteiger partial charge is 0.337 e. The van der Waals surface area contributed by atoms with E-state index >= 15 is 0 Å². The van der Waals surface area contributed by atoms with Crippen LogP contribution in [0.4, 0.5) is 10.1 Å². The average molecular weight is 292 g/mol. The third-order valence-electron chi connectivity index (χ3n) is 3.27. The molecule has 1 aromatic rings. The predicted octanol–water partition coefficient (Wildman–Crippen LogP) is 2.28. The SMILES string of the molecule is COC(=O)c1ccc(N2CC(CN=[N+]=[N-])CC2=O)c(F)c1. The van der Waals surface area contributed by atoms with Crippen LogP contribution in [-0.4, -0.2) is 32.1 Å². The lowest BCUT2D eigenvalue weighted by Crippen LogP contribution is -2.26. The summed E-state index contributed by atoms with van der Waals surface area (Å²) < 4.78 is 18.6. The summed E-state index contributed by atoms with van der Waals surface area (Å²) in [4.78, 5) is 27.2. The molecule has 0 bridgehead atoms. The van der Waals surface area contributed by atoms with Crippen LogP contribution in [0.5, 0.6) is 0 Å². The van der Waals surface area contributed by atoms with E-state index in [0.29, 0.717) is 0 Å². The second kappa shape index (κ2) is 6.23. The number of anilines is 1. The number of methoxy groups -OCH3 is 1. The molecule has 0 aromatic heterocycles. The van der Waals surface area contributed by atoms with Gasteiger partial charge in [-0.2, -0.15) is 0 Å². The highest BCUT2D eigenvalue weighted by atomic mass is 19.1. The number of rotatable bonds is 4. The van der Waals surface area contributed by atoms with Gasteiger partial charge in [0.2, 0.25) is 5.91 Å². The van der Waals surface area contributed by atoms with Crippen molar-refractivity contribution in [3.8, 4) is 0 Å². The number of amides is 1. The maximum atomic E-state index is 14.1. The van der Waals surface area contributed by atoms with Crippen LogP contribution in [0.3, 0.4) is 0 Å². The van der Waals surface area contributed by atoms with Crippen LogP contribution in [0.2, 0.25) is 0 Å². The topological polar surface area (TPSA) is 95.4 Å². The Morgan fingerprint density at radius 3 is 3.00 bits per heavy atom. The molecule has 1 atom stereocenters. The Balaban J connectivity index is 2.20. The van der Waals surface area contributed by atoms with E-state index in [1.54, 1.807) is 0 Å². The van der Waals surface area contributed by atoms with Crippen molar-refractivity contribution >= 4 is 17.6 Å². The number of esters is 1. The van der Waals surface area contributed by atoms with Gasteiger partial charge in [-0.1, -0.05) is 5.11 Å². The molecule has 1 aromatic carbocycles. The van der Waals surface area contributed by atoms with Crippen molar-refractivity contribution in [2.75, 3.05) is 25.1 Å². The molecular weight excluding hydrogens is 279 g/mol. The number of nitrogens with zero attached hydrogens (tertiary/aromatic N) is 4. The number of azide groups is 1. The van der Waals surface area contributed by atoms with Crippen LogP contribution in [0.1, 0.15) is 16.8 Å². The molecule has 1 saturated heterocycles. The van der Waals surface area contributed by atoms with E-state index < -0.39 is 11.8 Å². The van der Waals surface area contributed by atoms with Gasteiger partial charge in [-0.25, -0.2) is 9.18 Å². The summed E-state index contributed by atoms with van der Waals surface area (Å²) in [5.74, 6) is -1.68. The van der Waals surface area contributed by atoms with E-state index in [1.165, 1.54) is 24.1 Å². The summed E-state index contributed by atoms with van der Waals surface area (Å²) in [7, 11) is 1.21. The van der Waals surface area contributed by atoms with Gasteiger partial charge < -0.3 is 9.64 Å². The van der Waals surface area contributed by atoms with E-state index in [9.17, 15) is 14.0 Å². The van der Waals surface area contributed by atoms with Gasteiger partial charge in [0.05, 0.1) is 18.4 Å². The lowest BCUT2D eigenvalue weighted by Gasteiger charge is -2.17. The molecule has 1 fully saturated rings.